The first kappa shape index (κ1) is 11.4. The zero-order chi connectivity index (χ0) is 11.9. The second-order valence-corrected chi connectivity index (χ2v) is 5.13. The molecule has 3 atom stereocenters. The van der Waals surface area contributed by atoms with E-state index >= 15 is 0 Å². The van der Waals surface area contributed by atoms with Gasteiger partial charge in [-0.15, -0.1) is 11.8 Å². The van der Waals surface area contributed by atoms with Gasteiger partial charge < -0.3 is 10.2 Å². The third kappa shape index (κ3) is 1.81. The van der Waals surface area contributed by atoms with Gasteiger partial charge in [-0.25, -0.2) is 4.79 Å². The van der Waals surface area contributed by atoms with Crippen molar-refractivity contribution in [3.05, 3.63) is 33.1 Å². The highest BCUT2D eigenvalue weighted by molar-refractivity contribution is 7.99. The molecular formula is C9H12N2O4S. The Hall–Kier alpha value is -1.05. The Morgan fingerprint density at radius 1 is 1.62 bits per heavy atom. The van der Waals surface area contributed by atoms with Crippen molar-refractivity contribution in [3.63, 3.8) is 0 Å². The van der Waals surface area contributed by atoms with Crippen molar-refractivity contribution < 1.29 is 10.2 Å². The molecular weight excluding hydrogens is 232 g/mol. The van der Waals surface area contributed by atoms with E-state index in [9.17, 15) is 19.8 Å². The summed E-state index contributed by atoms with van der Waals surface area (Å²) < 4.78 is 1.22. The van der Waals surface area contributed by atoms with Crippen LogP contribution in [-0.4, -0.2) is 37.2 Å². The van der Waals surface area contributed by atoms with Crippen LogP contribution in [-0.2, 0) is 0 Å². The molecule has 0 unspecified atom stereocenters. The SMILES string of the molecule is C[C@@]1(O)CS[C@@H](n2ccc(=O)[nH]c2=O)[C@@H]1O. The molecule has 1 saturated heterocycles. The lowest BCUT2D eigenvalue weighted by Gasteiger charge is -2.23. The monoisotopic (exact) mass is 244 g/mol. The fourth-order valence-electron chi connectivity index (χ4n) is 1.60. The second-order valence-electron chi connectivity index (χ2n) is 4.02. The molecule has 0 radical (unpaired) electrons. The largest absolute Gasteiger partial charge is 0.387 e. The minimum atomic E-state index is -1.22. The predicted molar refractivity (Wildman–Crippen MR) is 59.4 cm³/mol. The highest BCUT2D eigenvalue weighted by Crippen LogP contribution is 2.40. The molecule has 16 heavy (non-hydrogen) atoms. The Balaban J connectivity index is 2.40. The maximum Gasteiger partial charge on any atom is 0.329 e. The summed E-state index contributed by atoms with van der Waals surface area (Å²) in [5.74, 6) is 0.338. The first-order valence-electron chi connectivity index (χ1n) is 4.75. The van der Waals surface area contributed by atoms with Crippen LogP contribution in [0.4, 0.5) is 0 Å². The van der Waals surface area contributed by atoms with Gasteiger partial charge in [0, 0.05) is 18.0 Å². The van der Waals surface area contributed by atoms with Gasteiger partial charge in [0.15, 0.2) is 0 Å². The first-order chi connectivity index (χ1) is 7.42. The van der Waals surface area contributed by atoms with Crippen LogP contribution in [0.15, 0.2) is 21.9 Å². The Kier molecular flexibility index (Phi) is 2.69. The highest BCUT2D eigenvalue weighted by Gasteiger charge is 2.44. The molecule has 88 valence electrons. The van der Waals surface area contributed by atoms with E-state index in [2.05, 4.69) is 4.98 Å². The standard InChI is InChI=1S/C9H12N2O4S/c1-9(15)4-16-7(6(9)13)11-3-2-5(12)10-8(11)14/h2-3,6-7,13,15H,4H2,1H3,(H,10,12,14)/t6-,7+,9+/m0/s1. The Labute approximate surface area is 94.9 Å². The molecule has 3 N–H and O–H groups in total. The van der Waals surface area contributed by atoms with Crippen LogP contribution in [0.3, 0.4) is 0 Å². The van der Waals surface area contributed by atoms with Gasteiger partial charge >= 0.3 is 5.69 Å². The second kappa shape index (κ2) is 3.76. The topological polar surface area (TPSA) is 95.3 Å². The fourth-order valence-corrected chi connectivity index (χ4v) is 3.08. The van der Waals surface area contributed by atoms with Gasteiger partial charge in [-0.2, -0.15) is 0 Å². The van der Waals surface area contributed by atoms with Crippen LogP contribution < -0.4 is 11.2 Å². The van der Waals surface area contributed by atoms with Crippen molar-refractivity contribution in [2.75, 3.05) is 5.75 Å². The maximum atomic E-state index is 11.5. The summed E-state index contributed by atoms with van der Waals surface area (Å²) in [5.41, 5.74) is -2.28. The molecule has 1 aliphatic heterocycles. The summed E-state index contributed by atoms with van der Waals surface area (Å²) in [4.78, 5) is 24.5. The van der Waals surface area contributed by atoms with Gasteiger partial charge in [0.2, 0.25) is 0 Å². The molecule has 0 saturated carbocycles. The van der Waals surface area contributed by atoms with E-state index in [-0.39, 0.29) is 0 Å². The summed E-state index contributed by atoms with van der Waals surface area (Å²) >= 11 is 1.27. The molecule has 0 bridgehead atoms. The lowest BCUT2D eigenvalue weighted by atomic mass is 10.0. The van der Waals surface area contributed by atoms with E-state index in [0.717, 1.165) is 0 Å². The number of nitrogens with zero attached hydrogens (tertiary/aromatic N) is 1. The Bertz CT molecular complexity index is 507. The number of aliphatic hydroxyl groups is 2. The summed E-state index contributed by atoms with van der Waals surface area (Å²) in [7, 11) is 0. The minimum Gasteiger partial charge on any atom is -0.387 e. The highest BCUT2D eigenvalue weighted by atomic mass is 32.2. The third-order valence-electron chi connectivity index (χ3n) is 2.58. The average Bonchev–Trinajstić information content (AvgIpc) is 2.44. The molecule has 2 rings (SSSR count). The molecule has 0 amide bonds. The minimum absolute atomic E-state index is 0.338. The average molecular weight is 244 g/mol. The van der Waals surface area contributed by atoms with Crippen molar-refractivity contribution in [1.29, 1.82) is 0 Å². The lowest BCUT2D eigenvalue weighted by molar-refractivity contribution is -0.0445. The molecule has 1 aromatic rings. The predicted octanol–water partition coefficient (Wildman–Crippen LogP) is -1.11. The quantitative estimate of drug-likeness (QED) is 0.582. The molecule has 1 aliphatic rings. The number of aromatic amines is 1. The van der Waals surface area contributed by atoms with E-state index in [0.29, 0.717) is 5.75 Å². The van der Waals surface area contributed by atoms with Gasteiger partial charge in [0.25, 0.3) is 5.56 Å². The molecule has 6 nitrogen and oxygen atoms in total. The van der Waals surface area contributed by atoms with Gasteiger partial charge in [0.05, 0.1) is 5.60 Å². The van der Waals surface area contributed by atoms with Crippen LogP contribution in [0.2, 0.25) is 0 Å². The van der Waals surface area contributed by atoms with Crippen LogP contribution >= 0.6 is 11.8 Å². The molecule has 7 heteroatoms. The summed E-state index contributed by atoms with van der Waals surface area (Å²) in [6, 6.07) is 1.21. The normalized spacial score (nSPS) is 34.2. The number of thioether (sulfide) groups is 1. The van der Waals surface area contributed by atoms with Crippen molar-refractivity contribution >= 4 is 11.8 Å². The number of rotatable bonds is 1. The third-order valence-corrected chi connectivity index (χ3v) is 4.16. The van der Waals surface area contributed by atoms with Gasteiger partial charge in [-0.1, -0.05) is 0 Å². The number of aliphatic hydroxyl groups excluding tert-OH is 1. The molecule has 0 spiro atoms. The molecule has 2 heterocycles. The van der Waals surface area contributed by atoms with E-state index in [1.807, 2.05) is 0 Å². The van der Waals surface area contributed by atoms with Gasteiger partial charge in [0.1, 0.15) is 11.5 Å². The van der Waals surface area contributed by atoms with Crippen molar-refractivity contribution in [3.8, 4) is 0 Å². The smallest absolute Gasteiger partial charge is 0.329 e. The summed E-state index contributed by atoms with van der Waals surface area (Å²) in [5, 5.41) is 19.1. The first-order valence-corrected chi connectivity index (χ1v) is 5.80. The number of hydrogen-bond acceptors (Lipinski definition) is 5. The van der Waals surface area contributed by atoms with Crippen molar-refractivity contribution in [2.45, 2.75) is 24.0 Å². The maximum absolute atomic E-state index is 11.5. The lowest BCUT2D eigenvalue weighted by Crippen LogP contribution is -2.42. The van der Waals surface area contributed by atoms with Crippen molar-refractivity contribution in [2.24, 2.45) is 0 Å². The van der Waals surface area contributed by atoms with Gasteiger partial charge in [-0.05, 0) is 6.92 Å². The molecule has 0 aromatic carbocycles. The van der Waals surface area contributed by atoms with E-state index in [1.165, 1.54) is 35.5 Å². The van der Waals surface area contributed by atoms with Crippen LogP contribution in [0.25, 0.3) is 0 Å². The molecule has 1 aromatic heterocycles. The van der Waals surface area contributed by atoms with Crippen LogP contribution in [0, 0.1) is 0 Å². The van der Waals surface area contributed by atoms with E-state index in [1.54, 1.807) is 0 Å². The van der Waals surface area contributed by atoms with Crippen molar-refractivity contribution in [1.82, 2.24) is 9.55 Å². The Morgan fingerprint density at radius 3 is 2.81 bits per heavy atom. The number of aromatic nitrogens is 2. The summed E-state index contributed by atoms with van der Waals surface area (Å²) in [6.07, 6.45) is 0.282. The Morgan fingerprint density at radius 2 is 2.31 bits per heavy atom. The molecule has 1 fully saturated rings. The zero-order valence-corrected chi connectivity index (χ0v) is 9.40. The molecule has 0 aliphatic carbocycles. The zero-order valence-electron chi connectivity index (χ0n) is 8.58. The van der Waals surface area contributed by atoms with E-state index in [4.69, 9.17) is 0 Å². The van der Waals surface area contributed by atoms with E-state index < -0.39 is 28.3 Å². The number of H-pyrrole nitrogens is 1. The fraction of sp³-hybridized carbons (Fsp3) is 0.556. The summed E-state index contributed by atoms with van der Waals surface area (Å²) in [6.45, 7) is 1.52. The van der Waals surface area contributed by atoms with Crippen LogP contribution in [0.1, 0.15) is 12.3 Å². The van der Waals surface area contributed by atoms with Crippen LogP contribution in [0.5, 0.6) is 0 Å². The van der Waals surface area contributed by atoms with Gasteiger partial charge in [-0.3, -0.25) is 14.3 Å². The number of hydrogen-bond donors (Lipinski definition) is 3. The number of nitrogens with one attached hydrogen (secondary N) is 1.